The Morgan fingerprint density at radius 3 is 2.70 bits per heavy atom. The van der Waals surface area contributed by atoms with E-state index in [2.05, 4.69) is 15.9 Å². The summed E-state index contributed by atoms with van der Waals surface area (Å²) in [6.07, 6.45) is 0. The van der Waals surface area contributed by atoms with Crippen molar-refractivity contribution >= 4 is 39.1 Å². The maximum Gasteiger partial charge on any atom is 0.0734 e. The summed E-state index contributed by atoms with van der Waals surface area (Å²) in [5.41, 5.74) is 0.175. The van der Waals surface area contributed by atoms with E-state index in [4.69, 9.17) is 27.3 Å². The third kappa shape index (κ3) is 1.66. The summed E-state index contributed by atoms with van der Waals surface area (Å²) in [6.45, 7) is -2.16. The van der Waals surface area contributed by atoms with Gasteiger partial charge in [0.2, 0.25) is 0 Å². The van der Waals surface area contributed by atoms with Crippen LogP contribution in [0, 0.1) is 6.85 Å². The van der Waals surface area contributed by atoms with E-state index in [1.165, 1.54) is 12.1 Å². The van der Waals surface area contributed by atoms with Gasteiger partial charge in [0.15, 0.2) is 0 Å². The summed E-state index contributed by atoms with van der Waals surface area (Å²) in [4.78, 5) is 0. The molecule has 54 valence electrons. The molecule has 0 nitrogen and oxygen atoms in total. The van der Waals surface area contributed by atoms with Gasteiger partial charge in [-0.15, -0.1) is 0 Å². The van der Waals surface area contributed by atoms with Crippen LogP contribution < -0.4 is 0 Å². The smallest absolute Gasteiger partial charge is 0.0734 e. The van der Waals surface area contributed by atoms with Crippen molar-refractivity contribution in [2.75, 3.05) is 0 Å². The maximum atomic E-state index is 7.15. The topological polar surface area (TPSA) is 0 Å². The third-order valence-electron chi connectivity index (χ3n) is 0.984. The lowest BCUT2D eigenvalue weighted by molar-refractivity contribution is 1.45. The van der Waals surface area contributed by atoms with Crippen molar-refractivity contribution in [2.24, 2.45) is 0 Å². The molecular formula is C7H5BrCl2. The van der Waals surface area contributed by atoms with Crippen molar-refractivity contribution in [3.8, 4) is 0 Å². The molecule has 0 N–H and O–H groups in total. The molecule has 0 amide bonds. The minimum atomic E-state index is -2.16. The van der Waals surface area contributed by atoms with Crippen LogP contribution in [0.25, 0.3) is 0 Å². The van der Waals surface area contributed by atoms with E-state index in [1.54, 1.807) is 0 Å². The highest BCUT2D eigenvalue weighted by molar-refractivity contribution is 9.10. The summed E-state index contributed by atoms with van der Waals surface area (Å²) in [5, 5.41) is 0.567. The van der Waals surface area contributed by atoms with Crippen LogP contribution in [0.4, 0.5) is 0 Å². The lowest BCUT2D eigenvalue weighted by atomic mass is 10.2. The van der Waals surface area contributed by atoms with Gasteiger partial charge in [-0.05, 0) is 40.5 Å². The molecular weight excluding hydrogens is 235 g/mol. The van der Waals surface area contributed by atoms with Gasteiger partial charge in [0.25, 0.3) is 0 Å². The predicted molar refractivity (Wildman–Crippen MR) is 48.9 cm³/mol. The second-order valence-electron chi connectivity index (χ2n) is 1.75. The summed E-state index contributed by atoms with van der Waals surface area (Å²) in [7, 11) is 0. The predicted octanol–water partition coefficient (Wildman–Crippen LogP) is 4.06. The van der Waals surface area contributed by atoms with Gasteiger partial charge in [0.1, 0.15) is 0 Å². The zero-order valence-corrected chi connectivity index (χ0v) is 7.89. The normalized spacial score (nSPS) is 15.7. The average Bonchev–Trinajstić information content (AvgIpc) is 1.97. The van der Waals surface area contributed by atoms with Gasteiger partial charge in [-0.1, -0.05) is 23.2 Å². The van der Waals surface area contributed by atoms with Crippen molar-refractivity contribution in [1.29, 1.82) is 0 Å². The van der Waals surface area contributed by atoms with Crippen LogP contribution in [-0.2, 0) is 0 Å². The number of halogens is 3. The molecule has 0 spiro atoms. The van der Waals surface area contributed by atoms with Gasteiger partial charge < -0.3 is 0 Å². The summed E-state index contributed by atoms with van der Waals surface area (Å²) in [6, 6.07) is 2.79. The van der Waals surface area contributed by atoms with E-state index in [-0.39, 0.29) is 10.6 Å². The molecule has 0 saturated carbocycles. The molecule has 0 saturated heterocycles. The van der Waals surface area contributed by atoms with E-state index in [9.17, 15) is 0 Å². The van der Waals surface area contributed by atoms with E-state index < -0.39 is 6.85 Å². The van der Waals surface area contributed by atoms with Gasteiger partial charge >= 0.3 is 0 Å². The monoisotopic (exact) mass is 241 g/mol. The molecule has 1 aromatic carbocycles. The second-order valence-corrected chi connectivity index (χ2v) is 3.39. The van der Waals surface area contributed by atoms with E-state index in [0.29, 0.717) is 9.50 Å². The van der Waals surface area contributed by atoms with Gasteiger partial charge in [0.05, 0.1) is 10.0 Å². The van der Waals surface area contributed by atoms with Crippen LogP contribution in [0.2, 0.25) is 10.0 Å². The fourth-order valence-electron chi connectivity index (χ4n) is 0.556. The molecule has 0 radical (unpaired) electrons. The van der Waals surface area contributed by atoms with E-state index in [1.807, 2.05) is 0 Å². The molecule has 0 aliphatic carbocycles. The van der Waals surface area contributed by atoms with Gasteiger partial charge in [-0.2, -0.15) is 0 Å². The molecule has 0 fully saturated rings. The van der Waals surface area contributed by atoms with Crippen LogP contribution in [0.5, 0.6) is 0 Å². The minimum Gasteiger partial charge on any atom is -0.0827 e. The number of aryl methyl sites for hydroxylation is 1. The largest absolute Gasteiger partial charge is 0.0827 e. The fourth-order valence-corrected chi connectivity index (χ4v) is 1.46. The van der Waals surface area contributed by atoms with E-state index in [0.717, 1.165) is 0 Å². The number of benzene rings is 1. The Labute approximate surface area is 82.5 Å². The summed E-state index contributed by atoms with van der Waals surface area (Å²) >= 11 is 14.6. The van der Waals surface area contributed by atoms with Crippen LogP contribution in [0.1, 0.15) is 9.68 Å². The highest BCUT2D eigenvalue weighted by atomic mass is 79.9. The van der Waals surface area contributed by atoms with Gasteiger partial charge in [-0.3, -0.25) is 0 Å². The number of rotatable bonds is 0. The first-order valence-electron chi connectivity index (χ1n) is 3.97. The highest BCUT2D eigenvalue weighted by Crippen LogP contribution is 2.30. The van der Waals surface area contributed by atoms with Crippen LogP contribution in [0.15, 0.2) is 16.6 Å². The van der Waals surface area contributed by atoms with Crippen LogP contribution in [0.3, 0.4) is 0 Å². The lowest BCUT2D eigenvalue weighted by Crippen LogP contribution is -1.75. The first-order valence-corrected chi connectivity index (χ1v) is 4.02. The number of hydrogen-bond acceptors (Lipinski definition) is 0. The molecule has 0 aliphatic rings. The summed E-state index contributed by atoms with van der Waals surface area (Å²) < 4.78 is 21.9. The first-order chi connectivity index (χ1) is 5.82. The zero-order chi connectivity index (χ0) is 10.2. The quantitative estimate of drug-likeness (QED) is 0.602. The van der Waals surface area contributed by atoms with Crippen molar-refractivity contribution in [3.63, 3.8) is 0 Å². The molecule has 1 aromatic rings. The molecule has 0 heterocycles. The van der Waals surface area contributed by atoms with Gasteiger partial charge in [0, 0.05) is 8.58 Å². The molecule has 0 aliphatic heterocycles. The number of hydrogen-bond donors (Lipinski definition) is 0. The molecule has 1 rings (SSSR count). The molecule has 0 unspecified atom stereocenters. The van der Waals surface area contributed by atoms with Crippen molar-refractivity contribution < 1.29 is 4.11 Å². The maximum absolute atomic E-state index is 7.15. The summed E-state index contributed by atoms with van der Waals surface area (Å²) in [5.74, 6) is 0. The fraction of sp³-hybridized carbons (Fsp3) is 0.143. The van der Waals surface area contributed by atoms with Gasteiger partial charge in [-0.25, -0.2) is 0 Å². The second kappa shape index (κ2) is 3.12. The first kappa shape index (κ1) is 5.02. The minimum absolute atomic E-state index is 0.175. The Balaban J connectivity index is 3.29. The molecule has 3 heteroatoms. The Morgan fingerprint density at radius 1 is 1.50 bits per heavy atom. The Bertz CT molecular complexity index is 312. The SMILES string of the molecule is [2H]C([2H])([2H])c1cc(Cl)c(Cl)c(Br)c1. The van der Waals surface area contributed by atoms with Crippen LogP contribution in [-0.4, -0.2) is 0 Å². The Hall–Kier alpha value is 0.280. The standard InChI is InChI=1S/C7H5BrCl2/c1-4-2-5(8)7(10)6(9)3-4/h2-3H,1H3/i1D3. The molecule has 0 bridgehead atoms. The lowest BCUT2D eigenvalue weighted by Gasteiger charge is -1.99. The highest BCUT2D eigenvalue weighted by Gasteiger charge is 2.01. The van der Waals surface area contributed by atoms with Crippen molar-refractivity contribution in [3.05, 3.63) is 32.2 Å². The average molecular weight is 243 g/mol. The molecule has 0 aromatic heterocycles. The van der Waals surface area contributed by atoms with Crippen molar-refractivity contribution in [2.45, 2.75) is 6.85 Å². The zero-order valence-electron chi connectivity index (χ0n) is 7.79. The van der Waals surface area contributed by atoms with Crippen molar-refractivity contribution in [1.82, 2.24) is 0 Å². The Kier molecular flexibility index (Phi) is 1.57. The molecule has 10 heavy (non-hydrogen) atoms. The third-order valence-corrected chi connectivity index (χ3v) is 2.64. The van der Waals surface area contributed by atoms with Crippen LogP contribution >= 0.6 is 39.1 Å². The van der Waals surface area contributed by atoms with E-state index >= 15 is 0 Å². The Morgan fingerprint density at radius 2 is 2.20 bits per heavy atom. The molecule has 0 atom stereocenters.